The SMILES string of the molecule is COc1cccc([C@H](CCO)N2CCNCC2)c1. The van der Waals surface area contributed by atoms with E-state index in [1.165, 1.54) is 5.56 Å². The number of nitrogens with zero attached hydrogens (tertiary/aromatic N) is 1. The van der Waals surface area contributed by atoms with Crippen LogP contribution >= 0.6 is 0 Å². The molecule has 0 unspecified atom stereocenters. The summed E-state index contributed by atoms with van der Waals surface area (Å²) in [7, 11) is 1.69. The predicted molar refractivity (Wildman–Crippen MR) is 71.9 cm³/mol. The molecule has 18 heavy (non-hydrogen) atoms. The summed E-state index contributed by atoms with van der Waals surface area (Å²) < 4.78 is 5.28. The Kier molecular flexibility index (Phi) is 4.99. The van der Waals surface area contributed by atoms with E-state index in [-0.39, 0.29) is 12.6 Å². The van der Waals surface area contributed by atoms with E-state index in [9.17, 15) is 5.11 Å². The van der Waals surface area contributed by atoms with Gasteiger partial charge in [0.15, 0.2) is 0 Å². The van der Waals surface area contributed by atoms with Crippen LogP contribution in [0, 0.1) is 0 Å². The molecular formula is C14H22N2O2. The lowest BCUT2D eigenvalue weighted by Crippen LogP contribution is -2.45. The molecule has 0 spiro atoms. The fourth-order valence-corrected chi connectivity index (χ4v) is 2.52. The van der Waals surface area contributed by atoms with Crippen LogP contribution in [-0.4, -0.2) is 49.9 Å². The van der Waals surface area contributed by atoms with Crippen molar-refractivity contribution in [3.63, 3.8) is 0 Å². The summed E-state index contributed by atoms with van der Waals surface area (Å²) in [6.45, 7) is 4.31. The van der Waals surface area contributed by atoms with Crippen LogP contribution in [0.2, 0.25) is 0 Å². The van der Waals surface area contributed by atoms with E-state index in [2.05, 4.69) is 22.3 Å². The van der Waals surface area contributed by atoms with Crippen LogP contribution in [0.15, 0.2) is 24.3 Å². The highest BCUT2D eigenvalue weighted by Crippen LogP contribution is 2.27. The molecule has 1 aliphatic heterocycles. The smallest absolute Gasteiger partial charge is 0.119 e. The van der Waals surface area contributed by atoms with Gasteiger partial charge in [0, 0.05) is 38.8 Å². The minimum Gasteiger partial charge on any atom is -0.497 e. The minimum absolute atomic E-state index is 0.214. The monoisotopic (exact) mass is 250 g/mol. The molecule has 1 aromatic carbocycles. The van der Waals surface area contributed by atoms with Crippen molar-refractivity contribution in [3.05, 3.63) is 29.8 Å². The van der Waals surface area contributed by atoms with E-state index >= 15 is 0 Å². The molecule has 0 bridgehead atoms. The molecule has 1 aliphatic rings. The summed E-state index contributed by atoms with van der Waals surface area (Å²) in [5, 5.41) is 12.6. The number of hydrogen-bond donors (Lipinski definition) is 2. The largest absolute Gasteiger partial charge is 0.497 e. The van der Waals surface area contributed by atoms with Crippen LogP contribution in [0.25, 0.3) is 0 Å². The van der Waals surface area contributed by atoms with E-state index in [0.29, 0.717) is 0 Å². The first-order chi connectivity index (χ1) is 8.85. The molecular weight excluding hydrogens is 228 g/mol. The summed E-state index contributed by atoms with van der Waals surface area (Å²) in [6, 6.07) is 8.44. The summed E-state index contributed by atoms with van der Waals surface area (Å²) in [5.74, 6) is 0.880. The van der Waals surface area contributed by atoms with Crippen molar-refractivity contribution in [3.8, 4) is 5.75 Å². The molecule has 1 fully saturated rings. The standard InChI is InChI=1S/C14H22N2O2/c1-18-13-4-2-3-12(11-13)14(5-10-17)16-8-6-15-7-9-16/h2-4,11,14-15,17H,5-10H2,1H3/t14-/m0/s1. The van der Waals surface area contributed by atoms with Crippen LogP contribution in [0.3, 0.4) is 0 Å². The second kappa shape index (κ2) is 6.73. The van der Waals surface area contributed by atoms with Gasteiger partial charge in [0.2, 0.25) is 0 Å². The first kappa shape index (κ1) is 13.3. The van der Waals surface area contributed by atoms with Crippen molar-refractivity contribution >= 4 is 0 Å². The van der Waals surface area contributed by atoms with E-state index in [1.807, 2.05) is 12.1 Å². The Labute approximate surface area is 109 Å². The van der Waals surface area contributed by atoms with Gasteiger partial charge in [-0.05, 0) is 24.1 Å². The molecule has 0 aliphatic carbocycles. The minimum atomic E-state index is 0.214. The zero-order valence-corrected chi connectivity index (χ0v) is 10.9. The summed E-state index contributed by atoms with van der Waals surface area (Å²) >= 11 is 0. The average molecular weight is 250 g/mol. The van der Waals surface area contributed by atoms with Crippen molar-refractivity contribution in [2.45, 2.75) is 12.5 Å². The van der Waals surface area contributed by atoms with Crippen LogP contribution in [0.4, 0.5) is 0 Å². The zero-order valence-electron chi connectivity index (χ0n) is 10.9. The van der Waals surface area contributed by atoms with E-state index in [1.54, 1.807) is 7.11 Å². The number of aliphatic hydroxyl groups excluding tert-OH is 1. The molecule has 4 heteroatoms. The third-order valence-corrected chi connectivity index (χ3v) is 3.47. The molecule has 1 atom stereocenters. The van der Waals surface area contributed by atoms with Gasteiger partial charge in [0.1, 0.15) is 5.75 Å². The maximum atomic E-state index is 9.28. The molecule has 4 nitrogen and oxygen atoms in total. The van der Waals surface area contributed by atoms with E-state index in [4.69, 9.17) is 4.74 Å². The Morgan fingerprint density at radius 1 is 1.39 bits per heavy atom. The molecule has 0 aromatic heterocycles. The first-order valence-electron chi connectivity index (χ1n) is 6.54. The molecule has 1 heterocycles. The summed E-state index contributed by atoms with van der Waals surface area (Å²) in [4.78, 5) is 2.43. The molecule has 2 rings (SSSR count). The second-order valence-electron chi connectivity index (χ2n) is 4.59. The number of ether oxygens (including phenoxy) is 1. The number of hydrogen-bond acceptors (Lipinski definition) is 4. The van der Waals surface area contributed by atoms with Gasteiger partial charge in [-0.3, -0.25) is 4.90 Å². The van der Waals surface area contributed by atoms with Crippen molar-refractivity contribution in [2.24, 2.45) is 0 Å². The number of nitrogens with one attached hydrogen (secondary N) is 1. The highest BCUT2D eigenvalue weighted by Gasteiger charge is 2.21. The fraction of sp³-hybridized carbons (Fsp3) is 0.571. The van der Waals surface area contributed by atoms with E-state index in [0.717, 1.165) is 38.3 Å². The molecule has 2 N–H and O–H groups in total. The Hall–Kier alpha value is -1.10. The number of piperazine rings is 1. The fourth-order valence-electron chi connectivity index (χ4n) is 2.52. The number of rotatable bonds is 5. The molecule has 1 saturated heterocycles. The Morgan fingerprint density at radius 2 is 2.17 bits per heavy atom. The zero-order chi connectivity index (χ0) is 12.8. The topological polar surface area (TPSA) is 44.7 Å². The maximum absolute atomic E-state index is 9.28. The van der Waals surface area contributed by atoms with Gasteiger partial charge >= 0.3 is 0 Å². The van der Waals surface area contributed by atoms with Gasteiger partial charge in [-0.15, -0.1) is 0 Å². The normalized spacial score (nSPS) is 18.6. The lowest BCUT2D eigenvalue weighted by Gasteiger charge is -2.35. The van der Waals surface area contributed by atoms with Gasteiger partial charge in [-0.25, -0.2) is 0 Å². The predicted octanol–water partition coefficient (Wildman–Crippen LogP) is 1.02. The van der Waals surface area contributed by atoms with Crippen LogP contribution < -0.4 is 10.1 Å². The molecule has 0 amide bonds. The summed E-state index contributed by atoms with van der Waals surface area (Å²) in [6.07, 6.45) is 0.771. The van der Waals surface area contributed by atoms with Crippen LogP contribution in [0.5, 0.6) is 5.75 Å². The Morgan fingerprint density at radius 3 is 2.83 bits per heavy atom. The van der Waals surface area contributed by atoms with Gasteiger partial charge in [0.25, 0.3) is 0 Å². The summed E-state index contributed by atoms with van der Waals surface area (Å²) in [5.41, 5.74) is 1.23. The molecule has 100 valence electrons. The number of aliphatic hydroxyl groups is 1. The average Bonchev–Trinajstić information content (AvgIpc) is 2.46. The van der Waals surface area contributed by atoms with Gasteiger partial charge < -0.3 is 15.2 Å². The molecule has 0 radical (unpaired) electrons. The first-order valence-corrected chi connectivity index (χ1v) is 6.54. The molecule has 1 aromatic rings. The lowest BCUT2D eigenvalue weighted by molar-refractivity contribution is 0.141. The number of methoxy groups -OCH3 is 1. The van der Waals surface area contributed by atoms with Crippen molar-refractivity contribution < 1.29 is 9.84 Å². The van der Waals surface area contributed by atoms with Crippen molar-refractivity contribution in [1.29, 1.82) is 0 Å². The lowest BCUT2D eigenvalue weighted by atomic mass is 10.0. The third-order valence-electron chi connectivity index (χ3n) is 3.47. The maximum Gasteiger partial charge on any atom is 0.119 e. The van der Waals surface area contributed by atoms with Gasteiger partial charge in [0.05, 0.1) is 7.11 Å². The quantitative estimate of drug-likeness (QED) is 0.819. The van der Waals surface area contributed by atoms with Crippen LogP contribution in [-0.2, 0) is 0 Å². The Balaban J connectivity index is 2.16. The van der Waals surface area contributed by atoms with Crippen LogP contribution in [0.1, 0.15) is 18.0 Å². The van der Waals surface area contributed by atoms with Gasteiger partial charge in [-0.1, -0.05) is 12.1 Å². The van der Waals surface area contributed by atoms with Gasteiger partial charge in [-0.2, -0.15) is 0 Å². The highest BCUT2D eigenvalue weighted by atomic mass is 16.5. The highest BCUT2D eigenvalue weighted by molar-refractivity contribution is 5.30. The Bertz CT molecular complexity index is 365. The molecule has 0 saturated carbocycles. The second-order valence-corrected chi connectivity index (χ2v) is 4.59. The van der Waals surface area contributed by atoms with E-state index < -0.39 is 0 Å². The van der Waals surface area contributed by atoms with Crippen molar-refractivity contribution in [2.75, 3.05) is 39.9 Å². The third kappa shape index (κ3) is 3.22. The number of benzene rings is 1. The van der Waals surface area contributed by atoms with Crippen molar-refractivity contribution in [1.82, 2.24) is 10.2 Å².